The van der Waals surface area contributed by atoms with Gasteiger partial charge in [-0.25, -0.2) is 4.98 Å². The van der Waals surface area contributed by atoms with Crippen LogP contribution in [-0.4, -0.2) is 27.7 Å². The molecule has 1 N–H and O–H groups in total. The van der Waals surface area contributed by atoms with Crippen molar-refractivity contribution in [3.8, 4) is 11.3 Å². The van der Waals surface area contributed by atoms with Crippen molar-refractivity contribution in [2.24, 2.45) is 11.0 Å². The summed E-state index contributed by atoms with van der Waals surface area (Å²) in [5.41, 5.74) is 0.957. The highest BCUT2D eigenvalue weighted by molar-refractivity contribution is 7.14. The molecule has 0 fully saturated rings. The summed E-state index contributed by atoms with van der Waals surface area (Å²) in [5, 5.41) is 17.5. The number of thiazole rings is 1. The van der Waals surface area contributed by atoms with Crippen molar-refractivity contribution in [3.63, 3.8) is 0 Å². The van der Waals surface area contributed by atoms with Crippen molar-refractivity contribution >= 4 is 22.2 Å². The van der Waals surface area contributed by atoms with Gasteiger partial charge in [-0.15, -0.1) is 11.3 Å². The lowest BCUT2D eigenvalue weighted by Crippen LogP contribution is -2.60. The lowest BCUT2D eigenvalue weighted by Gasteiger charge is -2.36. The fourth-order valence-corrected chi connectivity index (χ4v) is 4.80. The molecule has 4 nitrogen and oxygen atoms in total. The molecule has 0 radical (unpaired) electrons. The Labute approximate surface area is 168 Å². The van der Waals surface area contributed by atoms with Crippen molar-refractivity contribution in [2.75, 3.05) is 5.01 Å². The van der Waals surface area contributed by atoms with Crippen LogP contribution in [0.4, 0.5) is 18.3 Å². The fourth-order valence-electron chi connectivity index (χ4n) is 3.97. The number of hydrogen-bond acceptors (Lipinski definition) is 5. The van der Waals surface area contributed by atoms with Gasteiger partial charge in [0, 0.05) is 16.5 Å². The SMILES string of the molecule is Cc1ccc(-c2csc(N3N=C4c5ccccc5C[C@@H]4[C@]3(O)C(F)(F)F)n2)cc1. The highest BCUT2D eigenvalue weighted by atomic mass is 32.1. The first kappa shape index (κ1) is 18.3. The summed E-state index contributed by atoms with van der Waals surface area (Å²) in [6.07, 6.45) is -4.82. The molecule has 0 saturated heterocycles. The highest BCUT2D eigenvalue weighted by Gasteiger charge is 2.69. The van der Waals surface area contributed by atoms with Crippen molar-refractivity contribution in [1.82, 2.24) is 4.98 Å². The zero-order valence-electron chi connectivity index (χ0n) is 15.3. The van der Waals surface area contributed by atoms with Crippen LogP contribution in [0.3, 0.4) is 0 Å². The lowest BCUT2D eigenvalue weighted by atomic mass is 9.91. The summed E-state index contributed by atoms with van der Waals surface area (Å²) in [5.74, 6) is -1.19. The van der Waals surface area contributed by atoms with E-state index in [9.17, 15) is 18.3 Å². The molecule has 0 amide bonds. The van der Waals surface area contributed by atoms with Crippen LogP contribution in [0, 0.1) is 12.8 Å². The molecular formula is C21H16F3N3OS. The van der Waals surface area contributed by atoms with E-state index in [2.05, 4.69) is 10.1 Å². The minimum atomic E-state index is -4.90. The van der Waals surface area contributed by atoms with Crippen molar-refractivity contribution in [3.05, 3.63) is 70.6 Å². The average Bonchev–Trinajstić information content (AvgIpc) is 3.36. The van der Waals surface area contributed by atoms with E-state index in [1.54, 1.807) is 29.6 Å². The van der Waals surface area contributed by atoms with Crippen molar-refractivity contribution in [1.29, 1.82) is 0 Å². The zero-order valence-corrected chi connectivity index (χ0v) is 16.1. The average molecular weight is 415 g/mol. The van der Waals surface area contributed by atoms with Gasteiger partial charge in [0.2, 0.25) is 5.13 Å². The molecule has 1 aromatic heterocycles. The summed E-state index contributed by atoms with van der Waals surface area (Å²) in [7, 11) is 0. The third-order valence-corrected chi connectivity index (χ3v) is 6.32. The number of fused-ring (bicyclic) bond motifs is 3. The van der Waals surface area contributed by atoms with E-state index in [4.69, 9.17) is 0 Å². The molecular weight excluding hydrogens is 399 g/mol. The molecule has 148 valence electrons. The Balaban J connectivity index is 1.60. The van der Waals surface area contributed by atoms with Crippen LogP contribution in [0.5, 0.6) is 0 Å². The van der Waals surface area contributed by atoms with Gasteiger partial charge in [-0.1, -0.05) is 54.1 Å². The predicted molar refractivity (Wildman–Crippen MR) is 106 cm³/mol. The van der Waals surface area contributed by atoms with Crippen LogP contribution in [0.15, 0.2) is 59.0 Å². The van der Waals surface area contributed by atoms with Gasteiger partial charge >= 0.3 is 6.18 Å². The zero-order chi connectivity index (χ0) is 20.4. The molecule has 29 heavy (non-hydrogen) atoms. The molecule has 0 bridgehead atoms. The minimum Gasteiger partial charge on any atom is -0.362 e. The number of anilines is 1. The highest BCUT2D eigenvalue weighted by Crippen LogP contribution is 2.51. The van der Waals surface area contributed by atoms with E-state index in [0.29, 0.717) is 16.3 Å². The standard InChI is InChI=1S/C21H16F3N3OS/c1-12-6-8-13(9-7-12)17-11-29-19(25-17)27-20(28,21(22,23)24)16-10-14-4-2-3-5-15(14)18(16)26-27/h2-9,11,16,28H,10H2,1H3/t16-,20-/m0/s1. The van der Waals surface area contributed by atoms with Gasteiger partial charge in [-0.05, 0) is 18.9 Å². The topological polar surface area (TPSA) is 48.7 Å². The van der Waals surface area contributed by atoms with Gasteiger partial charge < -0.3 is 5.11 Å². The first-order chi connectivity index (χ1) is 13.8. The molecule has 2 heterocycles. The van der Waals surface area contributed by atoms with Gasteiger partial charge in [-0.3, -0.25) is 0 Å². The number of alkyl halides is 3. The Hall–Kier alpha value is -2.71. The molecule has 3 aromatic rings. The summed E-state index contributed by atoms with van der Waals surface area (Å²) < 4.78 is 42.4. The maximum absolute atomic E-state index is 14.1. The summed E-state index contributed by atoms with van der Waals surface area (Å²) in [6, 6.07) is 14.6. The second-order valence-corrected chi connectivity index (χ2v) is 8.15. The maximum atomic E-state index is 14.1. The Morgan fingerprint density at radius 1 is 1.14 bits per heavy atom. The number of hydrogen-bond donors (Lipinski definition) is 1. The minimum absolute atomic E-state index is 0.0137. The molecule has 2 aromatic carbocycles. The number of nitrogens with zero attached hydrogens (tertiary/aromatic N) is 3. The molecule has 0 saturated carbocycles. The van der Waals surface area contributed by atoms with Crippen LogP contribution in [0.2, 0.25) is 0 Å². The van der Waals surface area contributed by atoms with Crippen molar-refractivity contribution in [2.45, 2.75) is 25.2 Å². The summed E-state index contributed by atoms with van der Waals surface area (Å²) >= 11 is 1.03. The van der Waals surface area contributed by atoms with Crippen LogP contribution in [0.1, 0.15) is 16.7 Å². The molecule has 1 aliphatic carbocycles. The van der Waals surface area contributed by atoms with Crippen molar-refractivity contribution < 1.29 is 18.3 Å². The van der Waals surface area contributed by atoms with E-state index in [1.807, 2.05) is 31.2 Å². The molecule has 1 aliphatic heterocycles. The number of benzene rings is 2. The van der Waals surface area contributed by atoms with E-state index >= 15 is 0 Å². The molecule has 2 atom stereocenters. The monoisotopic (exact) mass is 415 g/mol. The van der Waals surface area contributed by atoms with Crippen LogP contribution >= 0.6 is 11.3 Å². The van der Waals surface area contributed by atoms with E-state index < -0.39 is 17.8 Å². The maximum Gasteiger partial charge on any atom is 0.439 e. The molecule has 0 unspecified atom stereocenters. The third kappa shape index (κ3) is 2.63. The fraction of sp³-hybridized carbons (Fsp3) is 0.238. The Morgan fingerprint density at radius 3 is 2.59 bits per heavy atom. The summed E-state index contributed by atoms with van der Waals surface area (Å²) in [4.78, 5) is 4.36. The molecule has 8 heteroatoms. The van der Waals surface area contributed by atoms with Gasteiger partial charge in [0.25, 0.3) is 5.72 Å². The van der Waals surface area contributed by atoms with Crippen LogP contribution in [0.25, 0.3) is 11.3 Å². The number of hydrazone groups is 1. The first-order valence-corrected chi connectivity index (χ1v) is 9.95. The second kappa shape index (κ2) is 6.14. The largest absolute Gasteiger partial charge is 0.439 e. The molecule has 2 aliphatic rings. The molecule has 0 spiro atoms. The smallest absolute Gasteiger partial charge is 0.362 e. The summed E-state index contributed by atoms with van der Waals surface area (Å²) in [6.45, 7) is 1.95. The van der Waals surface area contributed by atoms with Gasteiger partial charge in [0.15, 0.2) is 0 Å². The van der Waals surface area contributed by atoms with E-state index in [-0.39, 0.29) is 17.3 Å². The van der Waals surface area contributed by atoms with Gasteiger partial charge in [0.1, 0.15) is 0 Å². The lowest BCUT2D eigenvalue weighted by molar-refractivity contribution is -0.267. The van der Waals surface area contributed by atoms with E-state index in [1.165, 1.54) is 0 Å². The Bertz CT molecular complexity index is 1120. The number of halogens is 3. The number of aromatic nitrogens is 1. The van der Waals surface area contributed by atoms with Crippen LogP contribution in [-0.2, 0) is 6.42 Å². The normalized spacial score (nSPS) is 23.1. The van der Waals surface area contributed by atoms with Gasteiger partial charge in [-0.2, -0.15) is 23.3 Å². The number of rotatable bonds is 2. The predicted octanol–water partition coefficient (Wildman–Crippen LogP) is 4.77. The number of aryl methyl sites for hydroxylation is 1. The quantitative estimate of drug-likeness (QED) is 0.656. The Kier molecular flexibility index (Phi) is 3.88. The Morgan fingerprint density at radius 2 is 1.86 bits per heavy atom. The molecule has 5 rings (SSSR count). The third-order valence-electron chi connectivity index (χ3n) is 5.50. The number of aliphatic hydroxyl groups is 1. The van der Waals surface area contributed by atoms with Gasteiger partial charge in [0.05, 0.1) is 17.3 Å². The van der Waals surface area contributed by atoms with E-state index in [0.717, 1.165) is 28.0 Å². The first-order valence-electron chi connectivity index (χ1n) is 9.07. The van der Waals surface area contributed by atoms with Crippen LogP contribution < -0.4 is 5.01 Å². The second-order valence-electron chi connectivity index (χ2n) is 7.32.